The topological polar surface area (TPSA) is 54.9 Å². The van der Waals surface area contributed by atoms with Gasteiger partial charge < -0.3 is 5.32 Å². The van der Waals surface area contributed by atoms with Gasteiger partial charge in [-0.15, -0.1) is 0 Å². The molecule has 0 unspecified atom stereocenters. The van der Waals surface area contributed by atoms with E-state index in [-0.39, 0.29) is 12.1 Å². The van der Waals surface area contributed by atoms with Crippen molar-refractivity contribution >= 4 is 45.2 Å². The lowest BCUT2D eigenvalue weighted by Crippen LogP contribution is -1.91. The van der Waals surface area contributed by atoms with Crippen LogP contribution < -0.4 is 5.32 Å². The lowest BCUT2D eigenvalue weighted by Gasteiger charge is -2.06. The zero-order valence-electron chi connectivity index (χ0n) is 13.1. The Bertz CT molecular complexity index is 861. The first-order valence-electron chi connectivity index (χ1n) is 7.57. The van der Waals surface area contributed by atoms with E-state index in [1.807, 2.05) is 25.1 Å². The molecule has 1 saturated carbocycles. The molecule has 0 spiro atoms. The number of anilines is 1. The van der Waals surface area contributed by atoms with Crippen molar-refractivity contribution in [2.75, 3.05) is 5.32 Å². The predicted molar refractivity (Wildman–Crippen MR) is 98.1 cm³/mol. The Morgan fingerprint density at radius 3 is 2.71 bits per heavy atom. The zero-order chi connectivity index (χ0) is 16.9. The van der Waals surface area contributed by atoms with E-state index >= 15 is 0 Å². The van der Waals surface area contributed by atoms with Gasteiger partial charge in [-0.25, -0.2) is 9.97 Å². The molecule has 124 valence electrons. The molecule has 3 aromatic rings. The molecule has 2 aromatic heterocycles. The molecule has 24 heavy (non-hydrogen) atoms. The summed E-state index contributed by atoms with van der Waals surface area (Å²) in [5, 5.41) is 3.47. The number of aryl methyl sites for hydroxylation is 1. The van der Waals surface area contributed by atoms with Crippen molar-refractivity contribution in [3.63, 3.8) is 0 Å². The summed E-state index contributed by atoms with van der Waals surface area (Å²) in [5.41, 5.74) is 3.73. The second-order valence-corrected chi connectivity index (χ2v) is 7.04. The molecule has 0 aliphatic heterocycles. The Kier molecular flexibility index (Phi) is 5.42. The Balaban J connectivity index is 0.000000508. The molecule has 4 rings (SSSR count). The lowest BCUT2D eigenvalue weighted by molar-refractivity contribution is -0.105. The number of aromatic nitrogens is 2. The standard InChI is InChI=1S/C14H10FN3OS2.C3H6/c1-8-4-13(21-15)16-6-10(8)9-2-3-11-12(5-9)20-14(18-11)17-7-19;1-2-3-1/h2-7H,1H3,(H,17,18,19);1-3H2. The molecular weight excluding hydrogens is 345 g/mol. The first kappa shape index (κ1) is 16.9. The highest BCUT2D eigenvalue weighted by Gasteiger charge is 2.08. The van der Waals surface area contributed by atoms with Crippen LogP contribution in [0.5, 0.6) is 0 Å². The van der Waals surface area contributed by atoms with Crippen molar-refractivity contribution in [1.29, 1.82) is 0 Å². The maximum absolute atomic E-state index is 12.5. The minimum absolute atomic E-state index is 0.138. The van der Waals surface area contributed by atoms with Crippen LogP contribution in [0.4, 0.5) is 9.02 Å². The number of thiazole rings is 1. The molecule has 0 radical (unpaired) electrons. The summed E-state index contributed by atoms with van der Waals surface area (Å²) in [6.07, 6.45) is 6.78. The van der Waals surface area contributed by atoms with Crippen LogP contribution in [0.3, 0.4) is 0 Å². The Morgan fingerprint density at radius 1 is 1.29 bits per heavy atom. The number of nitrogens with zero attached hydrogens (tertiary/aromatic N) is 2. The van der Waals surface area contributed by atoms with Gasteiger partial charge in [-0.1, -0.05) is 36.7 Å². The molecule has 0 bridgehead atoms. The molecule has 1 N–H and O–H groups in total. The highest BCUT2D eigenvalue weighted by atomic mass is 32.2. The molecule has 1 aromatic carbocycles. The van der Waals surface area contributed by atoms with Gasteiger partial charge >= 0.3 is 0 Å². The number of amides is 1. The fourth-order valence-electron chi connectivity index (χ4n) is 2.08. The van der Waals surface area contributed by atoms with Gasteiger partial charge in [-0.3, -0.25) is 4.79 Å². The highest BCUT2D eigenvalue weighted by Crippen LogP contribution is 2.32. The van der Waals surface area contributed by atoms with Gasteiger partial charge in [0.2, 0.25) is 6.41 Å². The number of fused-ring (bicyclic) bond motifs is 1. The second-order valence-electron chi connectivity index (χ2n) is 5.44. The Labute approximate surface area is 147 Å². The van der Waals surface area contributed by atoms with Gasteiger partial charge in [0.1, 0.15) is 17.2 Å². The largest absolute Gasteiger partial charge is 0.305 e. The van der Waals surface area contributed by atoms with E-state index in [2.05, 4.69) is 15.3 Å². The monoisotopic (exact) mass is 361 g/mol. The number of carbonyl (C=O) groups excluding carboxylic acids is 1. The van der Waals surface area contributed by atoms with Gasteiger partial charge in [0.25, 0.3) is 0 Å². The maximum atomic E-state index is 12.5. The highest BCUT2D eigenvalue weighted by molar-refractivity contribution is 7.94. The maximum Gasteiger partial charge on any atom is 0.213 e. The summed E-state index contributed by atoms with van der Waals surface area (Å²) >= 11 is 1.54. The van der Waals surface area contributed by atoms with E-state index in [1.165, 1.54) is 30.6 Å². The van der Waals surface area contributed by atoms with E-state index in [0.717, 1.165) is 26.9 Å². The normalized spacial score (nSPS) is 12.4. The summed E-state index contributed by atoms with van der Waals surface area (Å²) in [5.74, 6) is 0. The van der Waals surface area contributed by atoms with Crippen LogP contribution in [0.1, 0.15) is 24.8 Å². The number of halogens is 1. The average Bonchev–Trinajstić information content (AvgIpc) is 3.41. The number of carbonyl (C=O) groups is 1. The van der Waals surface area contributed by atoms with Gasteiger partial charge in [0.15, 0.2) is 5.13 Å². The van der Waals surface area contributed by atoms with E-state index in [0.29, 0.717) is 16.6 Å². The molecular formula is C17H16FN3OS2. The smallest absolute Gasteiger partial charge is 0.213 e. The Hall–Kier alpha value is -1.99. The molecule has 4 nitrogen and oxygen atoms in total. The third-order valence-electron chi connectivity index (χ3n) is 3.40. The predicted octanol–water partition coefficient (Wildman–Crippen LogP) is 5.38. The summed E-state index contributed by atoms with van der Waals surface area (Å²) in [6, 6.07) is 7.55. The fourth-order valence-corrected chi connectivity index (χ4v) is 3.26. The number of hydrogen-bond donors (Lipinski definition) is 1. The number of hydrogen-bond acceptors (Lipinski definition) is 5. The van der Waals surface area contributed by atoms with Crippen LogP contribution in [-0.2, 0) is 4.79 Å². The van der Waals surface area contributed by atoms with Crippen molar-refractivity contribution in [3.05, 3.63) is 36.0 Å². The van der Waals surface area contributed by atoms with Crippen LogP contribution in [0.25, 0.3) is 21.3 Å². The van der Waals surface area contributed by atoms with E-state index in [4.69, 9.17) is 0 Å². The average molecular weight is 361 g/mol. The second kappa shape index (κ2) is 7.72. The molecule has 0 saturated heterocycles. The van der Waals surface area contributed by atoms with Crippen molar-refractivity contribution < 1.29 is 8.68 Å². The number of rotatable bonds is 4. The summed E-state index contributed by atoms with van der Waals surface area (Å²) < 4.78 is 13.5. The summed E-state index contributed by atoms with van der Waals surface area (Å²) in [4.78, 5) is 18.8. The minimum atomic E-state index is 0.138. The fraction of sp³-hybridized carbons (Fsp3) is 0.235. The first-order valence-corrected chi connectivity index (χ1v) is 9.11. The van der Waals surface area contributed by atoms with Crippen molar-refractivity contribution in [2.45, 2.75) is 31.2 Å². The first-order chi connectivity index (χ1) is 11.7. The molecule has 1 aliphatic carbocycles. The van der Waals surface area contributed by atoms with E-state index in [1.54, 1.807) is 12.3 Å². The van der Waals surface area contributed by atoms with Crippen LogP contribution in [0.15, 0.2) is 35.5 Å². The van der Waals surface area contributed by atoms with E-state index in [9.17, 15) is 8.68 Å². The summed E-state index contributed by atoms with van der Waals surface area (Å²) in [7, 11) is 0. The molecule has 1 fully saturated rings. The van der Waals surface area contributed by atoms with Gasteiger partial charge in [0.05, 0.1) is 10.2 Å². The quantitative estimate of drug-likeness (QED) is 0.634. The number of nitrogens with one attached hydrogen (secondary N) is 1. The third kappa shape index (κ3) is 4.10. The zero-order valence-corrected chi connectivity index (χ0v) is 14.7. The van der Waals surface area contributed by atoms with Crippen molar-refractivity contribution in [3.8, 4) is 11.1 Å². The SMILES string of the molecule is C1CC1.Cc1cc(SF)ncc1-c1ccc2nc(NC=O)sc2c1. The van der Waals surface area contributed by atoms with Crippen LogP contribution >= 0.6 is 23.5 Å². The minimum Gasteiger partial charge on any atom is -0.305 e. The molecule has 7 heteroatoms. The van der Waals surface area contributed by atoms with Crippen LogP contribution in [0.2, 0.25) is 0 Å². The number of benzene rings is 1. The molecule has 1 aliphatic rings. The Morgan fingerprint density at radius 2 is 2.08 bits per heavy atom. The van der Waals surface area contributed by atoms with E-state index < -0.39 is 0 Å². The molecule has 2 heterocycles. The lowest BCUT2D eigenvalue weighted by atomic mass is 10.0. The number of pyridine rings is 1. The summed E-state index contributed by atoms with van der Waals surface area (Å²) in [6.45, 7) is 1.92. The van der Waals surface area contributed by atoms with Gasteiger partial charge in [-0.05, 0) is 36.2 Å². The molecule has 1 amide bonds. The van der Waals surface area contributed by atoms with Crippen LogP contribution in [0, 0.1) is 6.92 Å². The van der Waals surface area contributed by atoms with Crippen molar-refractivity contribution in [1.82, 2.24) is 9.97 Å². The third-order valence-corrected chi connectivity index (χ3v) is 4.73. The molecule has 0 atom stereocenters. The van der Waals surface area contributed by atoms with Crippen LogP contribution in [-0.4, -0.2) is 16.4 Å². The van der Waals surface area contributed by atoms with Gasteiger partial charge in [-0.2, -0.15) is 3.89 Å². The van der Waals surface area contributed by atoms with Gasteiger partial charge in [0, 0.05) is 11.8 Å². The van der Waals surface area contributed by atoms with Crippen molar-refractivity contribution in [2.24, 2.45) is 0 Å².